The van der Waals surface area contributed by atoms with Crippen LogP contribution in [0.3, 0.4) is 0 Å². The number of non-ortho nitro benzene ring substituents is 1. The zero-order valence-corrected chi connectivity index (χ0v) is 22.3. The molecule has 2 N–H and O–H groups in total. The van der Waals surface area contributed by atoms with E-state index in [1.54, 1.807) is 18.2 Å². The molecule has 2 aromatic carbocycles. The van der Waals surface area contributed by atoms with Crippen LogP contribution in [0.1, 0.15) is 43.0 Å². The van der Waals surface area contributed by atoms with E-state index >= 15 is 0 Å². The van der Waals surface area contributed by atoms with Crippen LogP contribution >= 0.6 is 23.4 Å². The summed E-state index contributed by atoms with van der Waals surface area (Å²) < 4.78 is 7.09. The molecule has 0 radical (unpaired) electrons. The van der Waals surface area contributed by atoms with Crippen LogP contribution in [-0.4, -0.2) is 44.4 Å². The Labute approximate surface area is 223 Å². The molecule has 0 unspecified atom stereocenters. The Balaban J connectivity index is 1.74. The molecule has 1 heterocycles. The van der Waals surface area contributed by atoms with Gasteiger partial charge in [-0.05, 0) is 37.1 Å². The number of halogens is 1. The maximum atomic E-state index is 12.9. The van der Waals surface area contributed by atoms with Crippen LogP contribution in [0.4, 0.5) is 11.4 Å². The fourth-order valence-corrected chi connectivity index (χ4v) is 4.52. The van der Waals surface area contributed by atoms with Gasteiger partial charge in [0.15, 0.2) is 11.0 Å². The largest absolute Gasteiger partial charge is 0.495 e. The molecule has 37 heavy (non-hydrogen) atoms. The van der Waals surface area contributed by atoms with Crippen molar-refractivity contribution in [2.75, 3.05) is 18.2 Å². The van der Waals surface area contributed by atoms with E-state index in [0.29, 0.717) is 34.0 Å². The van der Waals surface area contributed by atoms with Gasteiger partial charge in [-0.1, -0.05) is 43.3 Å². The van der Waals surface area contributed by atoms with Crippen LogP contribution in [0.25, 0.3) is 0 Å². The van der Waals surface area contributed by atoms with E-state index in [9.17, 15) is 19.7 Å². The van der Waals surface area contributed by atoms with E-state index in [0.717, 1.165) is 0 Å². The van der Waals surface area contributed by atoms with E-state index in [2.05, 4.69) is 20.8 Å². The van der Waals surface area contributed by atoms with E-state index in [4.69, 9.17) is 16.3 Å². The topological polar surface area (TPSA) is 141 Å². The minimum Gasteiger partial charge on any atom is -0.495 e. The predicted molar refractivity (Wildman–Crippen MR) is 141 cm³/mol. The molecule has 2 amide bonds. The van der Waals surface area contributed by atoms with Crippen LogP contribution in [0.5, 0.6) is 5.75 Å². The smallest absolute Gasteiger partial charge is 0.270 e. The highest BCUT2D eigenvalue weighted by Crippen LogP contribution is 2.29. The Bertz CT molecular complexity index is 1300. The van der Waals surface area contributed by atoms with Crippen molar-refractivity contribution in [1.82, 2.24) is 20.1 Å². The lowest BCUT2D eigenvalue weighted by molar-refractivity contribution is -0.384. The van der Waals surface area contributed by atoms with Crippen LogP contribution in [0.15, 0.2) is 47.6 Å². The molecule has 0 saturated carbocycles. The number of ether oxygens (including phenoxy) is 1. The number of rotatable bonds is 11. The lowest BCUT2D eigenvalue weighted by atomic mass is 10.0. The molecule has 1 atom stereocenters. The first kappa shape index (κ1) is 27.9. The predicted octanol–water partition coefficient (Wildman–Crippen LogP) is 4.73. The molecule has 0 bridgehead atoms. The van der Waals surface area contributed by atoms with Gasteiger partial charge in [0.05, 0.1) is 29.5 Å². The summed E-state index contributed by atoms with van der Waals surface area (Å²) in [4.78, 5) is 36.0. The molecule has 1 aromatic heterocycles. The average molecular weight is 547 g/mol. The molecule has 0 fully saturated rings. The highest BCUT2D eigenvalue weighted by atomic mass is 35.5. The minimum absolute atomic E-state index is 0.0557. The van der Waals surface area contributed by atoms with Gasteiger partial charge in [0.2, 0.25) is 5.91 Å². The number of anilines is 1. The summed E-state index contributed by atoms with van der Waals surface area (Å²) in [5, 5.41) is 26.3. The van der Waals surface area contributed by atoms with Gasteiger partial charge in [0.1, 0.15) is 5.75 Å². The molecule has 0 aliphatic carbocycles. The van der Waals surface area contributed by atoms with Crippen molar-refractivity contribution < 1.29 is 19.2 Å². The van der Waals surface area contributed by atoms with Gasteiger partial charge < -0.3 is 19.9 Å². The third-order valence-corrected chi connectivity index (χ3v) is 6.58. The summed E-state index contributed by atoms with van der Waals surface area (Å²) in [5.41, 5.74) is 0.463. The fourth-order valence-electron chi connectivity index (χ4n) is 3.54. The summed E-state index contributed by atoms with van der Waals surface area (Å²) in [6.07, 6.45) is 0. The van der Waals surface area contributed by atoms with Crippen molar-refractivity contribution >= 4 is 46.6 Å². The molecule has 3 rings (SSSR count). The molecule has 0 aliphatic rings. The molecule has 3 aromatic rings. The Kier molecular flexibility index (Phi) is 9.48. The number of carbonyl (C=O) groups is 2. The minimum atomic E-state index is -0.549. The van der Waals surface area contributed by atoms with Gasteiger partial charge in [-0.2, -0.15) is 0 Å². The fraction of sp³-hybridized carbons (Fsp3) is 0.333. The van der Waals surface area contributed by atoms with Crippen LogP contribution in [-0.2, 0) is 11.3 Å². The van der Waals surface area contributed by atoms with Gasteiger partial charge in [-0.25, -0.2) is 0 Å². The first-order valence-electron chi connectivity index (χ1n) is 11.4. The molecule has 13 heteroatoms. The number of benzene rings is 2. The van der Waals surface area contributed by atoms with Crippen LogP contribution < -0.4 is 15.4 Å². The Morgan fingerprint density at radius 2 is 1.97 bits per heavy atom. The molecular weight excluding hydrogens is 520 g/mol. The zero-order chi connectivity index (χ0) is 27.1. The van der Waals surface area contributed by atoms with Crippen LogP contribution in [0, 0.1) is 16.0 Å². The number of nitrogens with zero attached hydrogens (tertiary/aromatic N) is 4. The first-order chi connectivity index (χ1) is 17.6. The highest BCUT2D eigenvalue weighted by molar-refractivity contribution is 7.99. The van der Waals surface area contributed by atoms with E-state index in [-0.39, 0.29) is 28.8 Å². The summed E-state index contributed by atoms with van der Waals surface area (Å²) in [6, 6.07) is 9.95. The number of aromatic nitrogens is 3. The molecule has 0 spiro atoms. The van der Waals surface area contributed by atoms with Crippen molar-refractivity contribution in [2.45, 2.75) is 38.5 Å². The maximum absolute atomic E-state index is 12.9. The molecule has 0 aliphatic heterocycles. The monoisotopic (exact) mass is 546 g/mol. The normalized spacial score (nSPS) is 11.7. The molecule has 196 valence electrons. The molecule has 0 saturated heterocycles. The number of thioether (sulfide) groups is 1. The van der Waals surface area contributed by atoms with Gasteiger partial charge in [0.25, 0.3) is 11.6 Å². The Morgan fingerprint density at radius 3 is 2.62 bits per heavy atom. The third-order valence-electron chi connectivity index (χ3n) is 5.38. The van der Waals surface area contributed by atoms with Crippen molar-refractivity contribution in [3.8, 4) is 5.75 Å². The lowest BCUT2D eigenvalue weighted by Gasteiger charge is -2.22. The number of nitro groups is 1. The zero-order valence-electron chi connectivity index (χ0n) is 20.7. The Hall–Kier alpha value is -3.64. The van der Waals surface area contributed by atoms with Crippen molar-refractivity contribution in [2.24, 2.45) is 5.92 Å². The van der Waals surface area contributed by atoms with Gasteiger partial charge >= 0.3 is 0 Å². The highest BCUT2D eigenvalue weighted by Gasteiger charge is 2.27. The van der Waals surface area contributed by atoms with Crippen molar-refractivity contribution in [3.05, 3.63) is 69.0 Å². The lowest BCUT2D eigenvalue weighted by Crippen LogP contribution is -2.33. The van der Waals surface area contributed by atoms with Crippen molar-refractivity contribution in [3.63, 3.8) is 0 Å². The molecular formula is C24H27ClN6O5S. The van der Waals surface area contributed by atoms with E-state index in [1.165, 1.54) is 43.1 Å². The second-order valence-electron chi connectivity index (χ2n) is 8.27. The quantitative estimate of drug-likeness (QED) is 0.200. The number of carbonyl (C=O) groups excluding carboxylic acids is 2. The second kappa shape index (κ2) is 12.5. The van der Waals surface area contributed by atoms with Gasteiger partial charge in [0, 0.05) is 29.3 Å². The average Bonchev–Trinajstić information content (AvgIpc) is 3.28. The number of hydrogen-bond acceptors (Lipinski definition) is 8. The summed E-state index contributed by atoms with van der Waals surface area (Å²) in [7, 11) is 1.50. The van der Waals surface area contributed by atoms with Gasteiger partial charge in [-0.15, -0.1) is 10.2 Å². The standard InChI is InChI=1S/C24H27ClN6O5S/c1-5-30-22(21(14(2)3)27-23(33)15-7-6-8-17(11-15)31(34)35)28-29-24(30)37-13-20(32)26-18-12-16(25)9-10-19(18)36-4/h6-12,14,21H,5,13H2,1-4H3,(H,26,32)(H,27,33)/t21-/m1/s1. The Morgan fingerprint density at radius 1 is 1.22 bits per heavy atom. The van der Waals surface area contributed by atoms with Gasteiger partial charge in [-0.3, -0.25) is 19.7 Å². The maximum Gasteiger partial charge on any atom is 0.270 e. The van der Waals surface area contributed by atoms with E-state index in [1.807, 2.05) is 25.3 Å². The summed E-state index contributed by atoms with van der Waals surface area (Å²) in [6.45, 7) is 6.26. The third kappa shape index (κ3) is 6.98. The number of nitro benzene ring substituents is 1. The second-order valence-corrected chi connectivity index (χ2v) is 9.65. The van der Waals surface area contributed by atoms with Crippen LogP contribution in [0.2, 0.25) is 5.02 Å². The number of hydrogen-bond donors (Lipinski definition) is 2. The first-order valence-corrected chi connectivity index (χ1v) is 12.8. The number of methoxy groups -OCH3 is 1. The van der Waals surface area contributed by atoms with Crippen molar-refractivity contribution in [1.29, 1.82) is 0 Å². The summed E-state index contributed by atoms with van der Waals surface area (Å²) in [5.74, 6) is 0.264. The molecule has 11 nitrogen and oxygen atoms in total. The number of nitrogens with one attached hydrogen (secondary N) is 2. The number of amides is 2. The van der Waals surface area contributed by atoms with E-state index < -0.39 is 16.9 Å². The SMILES string of the molecule is CCn1c(SCC(=O)Nc2cc(Cl)ccc2OC)nnc1[C@H](NC(=O)c1cccc([N+](=O)[O-])c1)C(C)C. The summed E-state index contributed by atoms with van der Waals surface area (Å²) >= 11 is 7.23.